The molecule has 0 radical (unpaired) electrons. The highest BCUT2D eigenvalue weighted by atomic mass is 35.5. The van der Waals surface area contributed by atoms with Crippen LogP contribution < -0.4 is 9.80 Å². The van der Waals surface area contributed by atoms with E-state index in [9.17, 15) is 4.79 Å². The SMILES string of the molecule is CCCN(C)c1cc(Cl)nc(SCc2ccc(C(=O)N3CCN(c4ccccc4C)CC3)cc2)n1. The number of carbonyl (C=O) groups excluding carboxylic acids is 1. The van der Waals surface area contributed by atoms with Gasteiger partial charge in [0, 0.05) is 62.8 Å². The molecular weight excluding hydrogens is 478 g/mol. The van der Waals surface area contributed by atoms with Gasteiger partial charge in [-0.2, -0.15) is 0 Å². The summed E-state index contributed by atoms with van der Waals surface area (Å²) in [4.78, 5) is 28.4. The zero-order valence-electron chi connectivity index (χ0n) is 20.6. The summed E-state index contributed by atoms with van der Waals surface area (Å²) in [5.41, 5.74) is 4.37. The molecule has 0 aliphatic carbocycles. The monoisotopic (exact) mass is 509 g/mol. The van der Waals surface area contributed by atoms with Gasteiger partial charge in [-0.05, 0) is 42.7 Å². The number of piperazine rings is 1. The summed E-state index contributed by atoms with van der Waals surface area (Å²) in [5, 5.41) is 1.10. The predicted octanol–water partition coefficient (Wildman–Crippen LogP) is 5.54. The van der Waals surface area contributed by atoms with Gasteiger partial charge in [-0.25, -0.2) is 9.97 Å². The minimum absolute atomic E-state index is 0.0930. The lowest BCUT2D eigenvalue weighted by Crippen LogP contribution is -2.49. The van der Waals surface area contributed by atoms with Crippen LogP contribution in [0, 0.1) is 6.92 Å². The lowest BCUT2D eigenvalue weighted by Gasteiger charge is -2.36. The molecule has 4 rings (SSSR count). The molecule has 3 aromatic rings. The van der Waals surface area contributed by atoms with Crippen LogP contribution in [0.1, 0.15) is 34.8 Å². The molecule has 35 heavy (non-hydrogen) atoms. The molecule has 0 unspecified atom stereocenters. The molecule has 1 saturated heterocycles. The summed E-state index contributed by atoms with van der Waals surface area (Å²) in [5.74, 6) is 1.63. The van der Waals surface area contributed by atoms with Crippen LogP contribution in [-0.4, -0.2) is 60.5 Å². The van der Waals surface area contributed by atoms with E-state index >= 15 is 0 Å². The number of benzene rings is 2. The number of nitrogens with zero attached hydrogens (tertiary/aromatic N) is 5. The molecule has 2 heterocycles. The van der Waals surface area contributed by atoms with Crippen molar-refractivity contribution < 1.29 is 4.79 Å². The third-order valence-corrected chi connectivity index (χ3v) is 7.31. The first-order valence-electron chi connectivity index (χ1n) is 12.0. The minimum atomic E-state index is 0.0930. The standard InChI is InChI=1S/C27H32ClN5OS/c1-4-13-31(3)25-18-24(28)29-27(30-25)35-19-21-9-11-22(12-10-21)26(34)33-16-14-32(15-17-33)23-8-6-5-7-20(23)2/h5-12,18H,4,13-17,19H2,1-3H3. The van der Waals surface area contributed by atoms with Crippen molar-refractivity contribution in [2.75, 3.05) is 49.6 Å². The van der Waals surface area contributed by atoms with Crippen LogP contribution in [-0.2, 0) is 5.75 Å². The van der Waals surface area contributed by atoms with Gasteiger partial charge in [-0.15, -0.1) is 0 Å². The molecule has 6 nitrogen and oxygen atoms in total. The second-order valence-corrected chi connectivity index (χ2v) is 10.1. The number of carbonyl (C=O) groups is 1. The number of para-hydroxylation sites is 1. The fraction of sp³-hybridized carbons (Fsp3) is 0.370. The Kier molecular flexibility index (Phi) is 8.52. The van der Waals surface area contributed by atoms with Crippen LogP contribution >= 0.6 is 23.4 Å². The third-order valence-electron chi connectivity index (χ3n) is 6.20. The van der Waals surface area contributed by atoms with Gasteiger partial charge in [-0.3, -0.25) is 4.79 Å². The van der Waals surface area contributed by atoms with Gasteiger partial charge in [0.25, 0.3) is 5.91 Å². The molecule has 1 aliphatic rings. The largest absolute Gasteiger partial charge is 0.368 e. The quantitative estimate of drug-likeness (QED) is 0.226. The van der Waals surface area contributed by atoms with Crippen LogP contribution in [0.2, 0.25) is 5.15 Å². The Morgan fingerprint density at radius 1 is 1.06 bits per heavy atom. The van der Waals surface area contributed by atoms with Crippen molar-refractivity contribution in [1.29, 1.82) is 0 Å². The summed E-state index contributed by atoms with van der Waals surface area (Å²) < 4.78 is 0. The summed E-state index contributed by atoms with van der Waals surface area (Å²) in [6, 6.07) is 18.1. The maximum atomic E-state index is 13.1. The van der Waals surface area contributed by atoms with Gasteiger partial charge in [0.05, 0.1) is 0 Å². The fourth-order valence-electron chi connectivity index (χ4n) is 4.24. The van der Waals surface area contributed by atoms with Crippen molar-refractivity contribution >= 4 is 40.8 Å². The molecule has 0 spiro atoms. The Morgan fingerprint density at radius 2 is 1.77 bits per heavy atom. The van der Waals surface area contributed by atoms with Crippen molar-refractivity contribution in [3.63, 3.8) is 0 Å². The second-order valence-electron chi connectivity index (χ2n) is 8.80. The lowest BCUT2D eigenvalue weighted by atomic mass is 10.1. The number of hydrogen-bond donors (Lipinski definition) is 0. The number of rotatable bonds is 8. The highest BCUT2D eigenvalue weighted by molar-refractivity contribution is 7.98. The molecule has 1 aliphatic heterocycles. The minimum Gasteiger partial charge on any atom is -0.368 e. The zero-order valence-corrected chi connectivity index (χ0v) is 22.1. The fourth-order valence-corrected chi connectivity index (χ4v) is 5.28. The summed E-state index contributed by atoms with van der Waals surface area (Å²) >= 11 is 7.77. The molecular formula is C27H32ClN5OS. The van der Waals surface area contributed by atoms with Gasteiger partial charge in [-0.1, -0.05) is 60.6 Å². The second kappa shape index (κ2) is 11.8. The summed E-state index contributed by atoms with van der Waals surface area (Å²) in [6.45, 7) is 8.33. The average molecular weight is 510 g/mol. The molecule has 0 saturated carbocycles. The van der Waals surface area contributed by atoms with Crippen LogP contribution in [0.15, 0.2) is 59.8 Å². The van der Waals surface area contributed by atoms with Crippen molar-refractivity contribution in [2.45, 2.75) is 31.2 Å². The molecule has 0 N–H and O–H groups in total. The van der Waals surface area contributed by atoms with Crippen LogP contribution in [0.4, 0.5) is 11.5 Å². The van der Waals surface area contributed by atoms with Crippen LogP contribution in [0.25, 0.3) is 0 Å². The number of aromatic nitrogens is 2. The van der Waals surface area contributed by atoms with Crippen molar-refractivity contribution in [3.05, 3.63) is 76.4 Å². The van der Waals surface area contributed by atoms with E-state index in [0.29, 0.717) is 16.1 Å². The maximum Gasteiger partial charge on any atom is 0.253 e. The molecule has 184 valence electrons. The predicted molar refractivity (Wildman–Crippen MR) is 146 cm³/mol. The van der Waals surface area contributed by atoms with Crippen molar-refractivity contribution in [3.8, 4) is 0 Å². The van der Waals surface area contributed by atoms with E-state index in [1.54, 1.807) is 17.8 Å². The Labute approximate surface area is 217 Å². The van der Waals surface area contributed by atoms with Crippen molar-refractivity contribution in [1.82, 2.24) is 14.9 Å². The molecule has 1 amide bonds. The molecule has 1 fully saturated rings. The van der Waals surface area contributed by atoms with E-state index in [0.717, 1.165) is 56.1 Å². The number of anilines is 2. The van der Waals surface area contributed by atoms with E-state index in [2.05, 4.69) is 57.9 Å². The Hall–Kier alpha value is -2.77. The molecule has 8 heteroatoms. The number of thioether (sulfide) groups is 1. The smallest absolute Gasteiger partial charge is 0.253 e. The average Bonchev–Trinajstić information content (AvgIpc) is 2.88. The summed E-state index contributed by atoms with van der Waals surface area (Å²) in [7, 11) is 2.01. The van der Waals surface area contributed by atoms with E-state index in [-0.39, 0.29) is 5.91 Å². The summed E-state index contributed by atoms with van der Waals surface area (Å²) in [6.07, 6.45) is 1.04. The highest BCUT2D eigenvalue weighted by Gasteiger charge is 2.23. The highest BCUT2D eigenvalue weighted by Crippen LogP contribution is 2.25. The van der Waals surface area contributed by atoms with Gasteiger partial charge >= 0.3 is 0 Å². The number of hydrogen-bond acceptors (Lipinski definition) is 6. The first-order valence-corrected chi connectivity index (χ1v) is 13.4. The Balaban J connectivity index is 1.32. The van der Waals surface area contributed by atoms with E-state index in [1.165, 1.54) is 11.3 Å². The number of halogens is 1. The molecule has 1 aromatic heterocycles. The normalized spacial score (nSPS) is 13.7. The first kappa shape index (κ1) is 25.3. The van der Waals surface area contributed by atoms with Crippen LogP contribution in [0.3, 0.4) is 0 Å². The van der Waals surface area contributed by atoms with Crippen LogP contribution in [0.5, 0.6) is 0 Å². The number of amides is 1. The topological polar surface area (TPSA) is 52.6 Å². The van der Waals surface area contributed by atoms with E-state index < -0.39 is 0 Å². The Morgan fingerprint density at radius 3 is 2.46 bits per heavy atom. The van der Waals surface area contributed by atoms with E-state index in [1.807, 2.05) is 36.2 Å². The lowest BCUT2D eigenvalue weighted by molar-refractivity contribution is 0.0747. The Bertz CT molecular complexity index is 1150. The first-order chi connectivity index (χ1) is 16.9. The third kappa shape index (κ3) is 6.47. The van der Waals surface area contributed by atoms with Gasteiger partial charge < -0.3 is 14.7 Å². The molecule has 0 bridgehead atoms. The van der Waals surface area contributed by atoms with Gasteiger partial charge in [0.1, 0.15) is 11.0 Å². The zero-order chi connectivity index (χ0) is 24.8. The van der Waals surface area contributed by atoms with Gasteiger partial charge in [0.15, 0.2) is 5.16 Å². The van der Waals surface area contributed by atoms with E-state index in [4.69, 9.17) is 11.6 Å². The number of aryl methyl sites for hydroxylation is 1. The maximum absolute atomic E-state index is 13.1. The van der Waals surface area contributed by atoms with Gasteiger partial charge in [0.2, 0.25) is 0 Å². The van der Waals surface area contributed by atoms with Crippen molar-refractivity contribution in [2.24, 2.45) is 0 Å². The molecule has 0 atom stereocenters. The molecule has 2 aromatic carbocycles.